The Labute approximate surface area is 119 Å². The maximum absolute atomic E-state index is 11.8. The molecule has 0 radical (unpaired) electrons. The molecular formula is C10H10ClN5O3S. The van der Waals surface area contributed by atoms with Gasteiger partial charge in [-0.25, -0.2) is 13.4 Å². The number of aromatic nitrogens is 3. The Morgan fingerprint density at radius 3 is 2.75 bits per heavy atom. The van der Waals surface area contributed by atoms with Crippen LogP contribution in [0.2, 0.25) is 5.02 Å². The first-order chi connectivity index (χ1) is 9.35. The SMILES string of the molecule is CS(=O)(=O)Nc1ccc(Cl)c(NC(=O)c2ncn[nH]2)c1. The smallest absolute Gasteiger partial charge is 0.293 e. The molecule has 1 aromatic heterocycles. The van der Waals surface area contributed by atoms with E-state index in [0.717, 1.165) is 6.26 Å². The van der Waals surface area contributed by atoms with E-state index in [1.165, 1.54) is 24.5 Å². The zero-order valence-electron chi connectivity index (χ0n) is 10.2. The Hall–Kier alpha value is -2.13. The number of nitrogens with zero attached hydrogens (tertiary/aromatic N) is 2. The minimum Gasteiger partial charge on any atom is -0.318 e. The number of H-pyrrole nitrogens is 1. The molecule has 3 N–H and O–H groups in total. The first-order valence-corrected chi connectivity index (χ1v) is 7.56. The second kappa shape index (κ2) is 5.47. The van der Waals surface area contributed by atoms with Crippen LogP contribution < -0.4 is 10.0 Å². The minimum absolute atomic E-state index is 0.0162. The highest BCUT2D eigenvalue weighted by atomic mass is 35.5. The first kappa shape index (κ1) is 14.3. The number of anilines is 2. The normalized spacial score (nSPS) is 11.1. The fourth-order valence-electron chi connectivity index (χ4n) is 1.40. The van der Waals surface area contributed by atoms with Crippen molar-refractivity contribution in [1.29, 1.82) is 0 Å². The van der Waals surface area contributed by atoms with Gasteiger partial charge in [-0.1, -0.05) is 11.6 Å². The predicted octanol–water partition coefficient (Wildman–Crippen LogP) is 1.08. The monoisotopic (exact) mass is 315 g/mol. The molecule has 2 rings (SSSR count). The van der Waals surface area contributed by atoms with Crippen LogP contribution >= 0.6 is 11.6 Å². The molecule has 0 aliphatic rings. The number of rotatable bonds is 4. The van der Waals surface area contributed by atoms with Crippen LogP contribution in [0, 0.1) is 0 Å². The predicted molar refractivity (Wildman–Crippen MR) is 74.3 cm³/mol. The van der Waals surface area contributed by atoms with Gasteiger partial charge in [0.15, 0.2) is 0 Å². The number of amides is 1. The second-order valence-corrected chi connectivity index (χ2v) is 6.01. The highest BCUT2D eigenvalue weighted by Crippen LogP contribution is 2.26. The topological polar surface area (TPSA) is 117 Å². The van der Waals surface area contributed by atoms with E-state index in [0.29, 0.717) is 0 Å². The van der Waals surface area contributed by atoms with Gasteiger partial charge in [-0.05, 0) is 18.2 Å². The molecule has 1 amide bonds. The summed E-state index contributed by atoms with van der Waals surface area (Å²) in [6.45, 7) is 0. The lowest BCUT2D eigenvalue weighted by Crippen LogP contribution is -2.15. The van der Waals surface area contributed by atoms with Gasteiger partial charge in [0.25, 0.3) is 5.91 Å². The quantitative estimate of drug-likeness (QED) is 0.780. The number of nitrogens with one attached hydrogen (secondary N) is 3. The zero-order chi connectivity index (χ0) is 14.8. The summed E-state index contributed by atoms with van der Waals surface area (Å²) >= 11 is 5.93. The Bertz CT molecular complexity index is 729. The van der Waals surface area contributed by atoms with Gasteiger partial charge in [-0.3, -0.25) is 14.6 Å². The maximum atomic E-state index is 11.8. The number of benzene rings is 1. The zero-order valence-corrected chi connectivity index (χ0v) is 11.8. The average Bonchev–Trinajstić information content (AvgIpc) is 2.85. The third-order valence-corrected chi connectivity index (χ3v) is 3.08. The lowest BCUT2D eigenvalue weighted by molar-refractivity contribution is 0.101. The highest BCUT2D eigenvalue weighted by Gasteiger charge is 2.12. The summed E-state index contributed by atoms with van der Waals surface area (Å²) in [5.74, 6) is -0.525. The number of hydrogen-bond acceptors (Lipinski definition) is 5. The summed E-state index contributed by atoms with van der Waals surface area (Å²) in [5, 5.41) is 8.71. The molecule has 2 aromatic rings. The van der Waals surface area contributed by atoms with E-state index in [-0.39, 0.29) is 22.2 Å². The van der Waals surface area contributed by atoms with E-state index < -0.39 is 15.9 Å². The van der Waals surface area contributed by atoms with Crippen molar-refractivity contribution in [2.24, 2.45) is 0 Å². The van der Waals surface area contributed by atoms with Crippen LogP contribution in [0.15, 0.2) is 24.5 Å². The van der Waals surface area contributed by atoms with Gasteiger partial charge in [0.2, 0.25) is 15.8 Å². The van der Waals surface area contributed by atoms with Gasteiger partial charge >= 0.3 is 0 Å². The van der Waals surface area contributed by atoms with Crippen molar-refractivity contribution in [1.82, 2.24) is 15.2 Å². The van der Waals surface area contributed by atoms with Crippen LogP contribution in [0.5, 0.6) is 0 Å². The van der Waals surface area contributed by atoms with Gasteiger partial charge < -0.3 is 5.32 Å². The highest BCUT2D eigenvalue weighted by molar-refractivity contribution is 7.92. The average molecular weight is 316 g/mol. The number of aromatic amines is 1. The summed E-state index contributed by atoms with van der Waals surface area (Å²) < 4.78 is 24.6. The van der Waals surface area contributed by atoms with Crippen molar-refractivity contribution in [3.63, 3.8) is 0 Å². The molecule has 106 valence electrons. The summed E-state index contributed by atoms with van der Waals surface area (Å²) in [7, 11) is -3.41. The Kier molecular flexibility index (Phi) is 3.91. The van der Waals surface area contributed by atoms with Crippen LogP contribution in [-0.4, -0.2) is 35.8 Å². The number of carbonyl (C=O) groups is 1. The van der Waals surface area contributed by atoms with Gasteiger partial charge in [0.1, 0.15) is 6.33 Å². The fourth-order valence-corrected chi connectivity index (χ4v) is 2.11. The fraction of sp³-hybridized carbons (Fsp3) is 0.100. The molecular weight excluding hydrogens is 306 g/mol. The number of carbonyl (C=O) groups excluding carboxylic acids is 1. The van der Waals surface area contributed by atoms with Gasteiger partial charge in [0.05, 0.1) is 22.7 Å². The first-order valence-electron chi connectivity index (χ1n) is 5.29. The summed E-state index contributed by atoms with van der Waals surface area (Å²) in [6, 6.07) is 4.34. The number of halogens is 1. The molecule has 0 fully saturated rings. The Morgan fingerprint density at radius 2 is 2.15 bits per heavy atom. The molecule has 0 saturated carbocycles. The van der Waals surface area contributed by atoms with Crippen LogP contribution in [0.25, 0.3) is 0 Å². The molecule has 0 bridgehead atoms. The molecule has 0 aliphatic heterocycles. The van der Waals surface area contributed by atoms with E-state index in [2.05, 4.69) is 25.2 Å². The summed E-state index contributed by atoms with van der Waals surface area (Å²) in [4.78, 5) is 15.5. The van der Waals surface area contributed by atoms with Gasteiger partial charge in [0, 0.05) is 0 Å². The van der Waals surface area contributed by atoms with E-state index in [4.69, 9.17) is 11.6 Å². The Balaban J connectivity index is 2.23. The molecule has 0 spiro atoms. The number of sulfonamides is 1. The standard InChI is InChI=1S/C10H10ClN5O3S/c1-20(18,19)16-6-2-3-7(11)8(4-6)14-10(17)9-12-5-13-15-9/h2-5,16H,1H3,(H,14,17)(H,12,13,15). The van der Waals surface area contributed by atoms with Crippen molar-refractivity contribution in [3.05, 3.63) is 35.4 Å². The molecule has 1 heterocycles. The van der Waals surface area contributed by atoms with Crippen LogP contribution in [-0.2, 0) is 10.0 Å². The van der Waals surface area contributed by atoms with Crippen LogP contribution in [0.4, 0.5) is 11.4 Å². The lowest BCUT2D eigenvalue weighted by Gasteiger charge is -2.09. The second-order valence-electron chi connectivity index (χ2n) is 3.86. The van der Waals surface area contributed by atoms with E-state index in [9.17, 15) is 13.2 Å². The largest absolute Gasteiger partial charge is 0.318 e. The molecule has 0 unspecified atom stereocenters. The lowest BCUT2D eigenvalue weighted by atomic mass is 10.3. The van der Waals surface area contributed by atoms with Crippen molar-refractivity contribution < 1.29 is 13.2 Å². The summed E-state index contributed by atoms with van der Waals surface area (Å²) in [6.07, 6.45) is 2.21. The molecule has 0 aliphatic carbocycles. The van der Waals surface area contributed by atoms with E-state index in [1.807, 2.05) is 0 Å². The minimum atomic E-state index is -3.41. The summed E-state index contributed by atoms with van der Waals surface area (Å²) in [5.41, 5.74) is 0.534. The third-order valence-electron chi connectivity index (χ3n) is 2.15. The van der Waals surface area contributed by atoms with Crippen molar-refractivity contribution in [3.8, 4) is 0 Å². The maximum Gasteiger partial charge on any atom is 0.293 e. The van der Waals surface area contributed by atoms with Crippen molar-refractivity contribution >= 4 is 38.9 Å². The van der Waals surface area contributed by atoms with Gasteiger partial charge in [-0.2, -0.15) is 5.10 Å². The molecule has 0 saturated heterocycles. The Morgan fingerprint density at radius 1 is 1.40 bits per heavy atom. The van der Waals surface area contributed by atoms with Crippen molar-refractivity contribution in [2.75, 3.05) is 16.3 Å². The van der Waals surface area contributed by atoms with Crippen molar-refractivity contribution in [2.45, 2.75) is 0 Å². The van der Waals surface area contributed by atoms with Crippen LogP contribution in [0.3, 0.4) is 0 Å². The number of hydrogen-bond donors (Lipinski definition) is 3. The van der Waals surface area contributed by atoms with E-state index in [1.54, 1.807) is 0 Å². The molecule has 20 heavy (non-hydrogen) atoms. The molecule has 0 atom stereocenters. The molecule has 8 nitrogen and oxygen atoms in total. The third kappa shape index (κ3) is 3.68. The van der Waals surface area contributed by atoms with Crippen LogP contribution in [0.1, 0.15) is 10.6 Å². The molecule has 1 aromatic carbocycles. The van der Waals surface area contributed by atoms with E-state index >= 15 is 0 Å². The van der Waals surface area contributed by atoms with Gasteiger partial charge in [-0.15, -0.1) is 0 Å². The molecule has 10 heteroatoms.